The van der Waals surface area contributed by atoms with Gasteiger partial charge in [0.25, 0.3) is 0 Å². The molecule has 1 N–H and O–H groups in total. The fourth-order valence-electron chi connectivity index (χ4n) is 2.06. The predicted molar refractivity (Wildman–Crippen MR) is 88.3 cm³/mol. The van der Waals surface area contributed by atoms with Crippen LogP contribution in [0.2, 0.25) is 0 Å². The summed E-state index contributed by atoms with van der Waals surface area (Å²) in [5.41, 5.74) is 0.620. The van der Waals surface area contributed by atoms with E-state index in [-0.39, 0.29) is 0 Å². The standard InChI is InChI=1S/C16H15F3N2O3S/c1-10-3-5-11(6-4-10)20-14(22)9-21(25(2,23)24)13-8-7-12(17)15(18)16(13)19/h3-8H,9H2,1-2H3,(H,20,22). The molecular formula is C16H15F3N2O3S. The number of hydrogen-bond donors (Lipinski definition) is 1. The molecule has 2 rings (SSSR count). The minimum Gasteiger partial charge on any atom is -0.325 e. The third kappa shape index (κ3) is 4.50. The molecule has 0 aliphatic heterocycles. The third-order valence-electron chi connectivity index (χ3n) is 3.31. The van der Waals surface area contributed by atoms with E-state index in [2.05, 4.69) is 5.32 Å². The molecule has 5 nitrogen and oxygen atoms in total. The molecule has 0 heterocycles. The number of aryl methyl sites for hydroxylation is 1. The van der Waals surface area contributed by atoms with Gasteiger partial charge in [0.05, 0.1) is 11.9 Å². The minimum atomic E-state index is -4.12. The first-order chi connectivity index (χ1) is 11.6. The first-order valence-corrected chi connectivity index (χ1v) is 8.92. The summed E-state index contributed by atoms with van der Waals surface area (Å²) in [6, 6.07) is 8.03. The van der Waals surface area contributed by atoms with E-state index in [4.69, 9.17) is 0 Å². The summed E-state index contributed by atoms with van der Waals surface area (Å²) in [6.07, 6.45) is 0.729. The molecule has 0 saturated heterocycles. The number of halogens is 3. The Kier molecular flexibility index (Phi) is 5.36. The molecule has 25 heavy (non-hydrogen) atoms. The summed E-state index contributed by atoms with van der Waals surface area (Å²) >= 11 is 0. The molecule has 0 atom stereocenters. The molecular weight excluding hydrogens is 357 g/mol. The Morgan fingerprint density at radius 1 is 1.04 bits per heavy atom. The van der Waals surface area contributed by atoms with Crippen molar-refractivity contribution in [1.82, 2.24) is 0 Å². The maximum atomic E-state index is 13.9. The molecule has 0 aliphatic carbocycles. The van der Waals surface area contributed by atoms with Crippen LogP contribution < -0.4 is 9.62 Å². The number of nitrogens with one attached hydrogen (secondary N) is 1. The summed E-state index contributed by atoms with van der Waals surface area (Å²) < 4.78 is 64.5. The number of amides is 1. The first kappa shape index (κ1) is 18.8. The van der Waals surface area contributed by atoms with Crippen LogP contribution in [0, 0.1) is 24.4 Å². The quantitative estimate of drug-likeness (QED) is 0.821. The maximum absolute atomic E-state index is 13.9. The Hall–Kier alpha value is -2.55. The van der Waals surface area contributed by atoms with E-state index in [1.807, 2.05) is 6.92 Å². The average molecular weight is 372 g/mol. The second kappa shape index (κ2) is 7.14. The van der Waals surface area contributed by atoms with Gasteiger partial charge >= 0.3 is 0 Å². The van der Waals surface area contributed by atoms with Gasteiger partial charge in [0.1, 0.15) is 6.54 Å². The molecule has 0 spiro atoms. The van der Waals surface area contributed by atoms with E-state index in [1.54, 1.807) is 24.3 Å². The van der Waals surface area contributed by atoms with E-state index < -0.39 is 45.6 Å². The molecule has 0 fully saturated rings. The van der Waals surface area contributed by atoms with Crippen LogP contribution in [0.15, 0.2) is 36.4 Å². The van der Waals surface area contributed by atoms with Gasteiger partial charge in [0.15, 0.2) is 17.5 Å². The highest BCUT2D eigenvalue weighted by Crippen LogP contribution is 2.25. The van der Waals surface area contributed by atoms with Gasteiger partial charge in [-0.25, -0.2) is 21.6 Å². The van der Waals surface area contributed by atoms with Crippen LogP contribution in [0.3, 0.4) is 0 Å². The van der Waals surface area contributed by atoms with Crippen molar-refractivity contribution in [2.75, 3.05) is 22.4 Å². The number of sulfonamides is 1. The van der Waals surface area contributed by atoms with E-state index in [9.17, 15) is 26.4 Å². The summed E-state index contributed by atoms with van der Waals surface area (Å²) in [6.45, 7) is 1.05. The van der Waals surface area contributed by atoms with Gasteiger partial charge in [-0.3, -0.25) is 9.10 Å². The second-order valence-electron chi connectivity index (χ2n) is 5.38. The summed E-state index contributed by atoms with van der Waals surface area (Å²) in [7, 11) is -4.12. The van der Waals surface area contributed by atoms with Crippen molar-refractivity contribution in [3.63, 3.8) is 0 Å². The second-order valence-corrected chi connectivity index (χ2v) is 7.29. The van der Waals surface area contributed by atoms with Crippen LogP contribution in [0.25, 0.3) is 0 Å². The number of carbonyl (C=O) groups excluding carboxylic acids is 1. The van der Waals surface area contributed by atoms with Crippen molar-refractivity contribution in [1.29, 1.82) is 0 Å². The lowest BCUT2D eigenvalue weighted by Crippen LogP contribution is -2.38. The van der Waals surface area contributed by atoms with E-state index in [0.29, 0.717) is 16.1 Å². The monoisotopic (exact) mass is 372 g/mol. The van der Waals surface area contributed by atoms with Crippen molar-refractivity contribution in [2.45, 2.75) is 6.92 Å². The van der Waals surface area contributed by atoms with Gasteiger partial charge in [-0.05, 0) is 31.2 Å². The lowest BCUT2D eigenvalue weighted by Gasteiger charge is -2.22. The zero-order valence-corrected chi connectivity index (χ0v) is 14.2. The Balaban J connectivity index is 2.29. The SMILES string of the molecule is Cc1ccc(NC(=O)CN(c2ccc(F)c(F)c2F)S(C)(=O)=O)cc1. The normalized spacial score (nSPS) is 11.2. The highest BCUT2D eigenvalue weighted by molar-refractivity contribution is 7.92. The lowest BCUT2D eigenvalue weighted by molar-refractivity contribution is -0.114. The maximum Gasteiger partial charge on any atom is 0.245 e. The van der Waals surface area contributed by atoms with Crippen LogP contribution in [0.5, 0.6) is 0 Å². The van der Waals surface area contributed by atoms with E-state index in [1.165, 1.54) is 0 Å². The molecule has 0 bridgehead atoms. The van der Waals surface area contributed by atoms with Gasteiger partial charge in [0, 0.05) is 5.69 Å². The minimum absolute atomic E-state index is 0.369. The van der Waals surface area contributed by atoms with Gasteiger partial charge in [-0.2, -0.15) is 0 Å². The van der Waals surface area contributed by atoms with Crippen molar-refractivity contribution < 1.29 is 26.4 Å². The van der Waals surface area contributed by atoms with Crippen LogP contribution in [0.1, 0.15) is 5.56 Å². The lowest BCUT2D eigenvalue weighted by atomic mass is 10.2. The molecule has 9 heteroatoms. The summed E-state index contributed by atoms with van der Waals surface area (Å²) in [5.74, 6) is -5.73. The number of nitrogens with zero attached hydrogens (tertiary/aromatic N) is 1. The molecule has 0 aliphatic rings. The van der Waals surface area contributed by atoms with Gasteiger partial charge in [0.2, 0.25) is 15.9 Å². The van der Waals surface area contributed by atoms with Crippen LogP contribution >= 0.6 is 0 Å². The van der Waals surface area contributed by atoms with Crippen molar-refractivity contribution in [2.24, 2.45) is 0 Å². The Bertz CT molecular complexity index is 900. The van der Waals surface area contributed by atoms with Crippen LogP contribution in [-0.4, -0.2) is 27.1 Å². The van der Waals surface area contributed by atoms with Crippen molar-refractivity contribution >= 4 is 27.3 Å². The van der Waals surface area contributed by atoms with Gasteiger partial charge < -0.3 is 5.32 Å². The van der Waals surface area contributed by atoms with Crippen LogP contribution in [0.4, 0.5) is 24.5 Å². The number of rotatable bonds is 5. The molecule has 0 aromatic heterocycles. The average Bonchev–Trinajstić information content (AvgIpc) is 2.52. The number of anilines is 2. The fourth-order valence-corrected chi connectivity index (χ4v) is 2.91. The zero-order valence-electron chi connectivity index (χ0n) is 13.4. The summed E-state index contributed by atoms with van der Waals surface area (Å²) in [4.78, 5) is 12.1. The third-order valence-corrected chi connectivity index (χ3v) is 4.43. The highest BCUT2D eigenvalue weighted by Gasteiger charge is 2.26. The topological polar surface area (TPSA) is 66.5 Å². The number of carbonyl (C=O) groups is 1. The van der Waals surface area contributed by atoms with Gasteiger partial charge in [-0.1, -0.05) is 17.7 Å². The first-order valence-electron chi connectivity index (χ1n) is 7.07. The molecule has 1 amide bonds. The van der Waals surface area contributed by atoms with E-state index in [0.717, 1.165) is 17.9 Å². The van der Waals surface area contributed by atoms with Crippen molar-refractivity contribution in [3.8, 4) is 0 Å². The predicted octanol–water partition coefficient (Wildman–Crippen LogP) is 2.82. The Morgan fingerprint density at radius 2 is 1.64 bits per heavy atom. The number of hydrogen-bond acceptors (Lipinski definition) is 3. The smallest absolute Gasteiger partial charge is 0.245 e. The molecule has 0 unspecified atom stereocenters. The Labute approximate surface area is 143 Å². The Morgan fingerprint density at radius 3 is 2.20 bits per heavy atom. The molecule has 0 radical (unpaired) electrons. The zero-order chi connectivity index (χ0) is 18.8. The largest absolute Gasteiger partial charge is 0.325 e. The van der Waals surface area contributed by atoms with Gasteiger partial charge in [-0.15, -0.1) is 0 Å². The molecule has 2 aromatic carbocycles. The molecule has 2 aromatic rings. The highest BCUT2D eigenvalue weighted by atomic mass is 32.2. The van der Waals surface area contributed by atoms with Crippen LogP contribution in [-0.2, 0) is 14.8 Å². The van der Waals surface area contributed by atoms with Crippen molar-refractivity contribution in [3.05, 3.63) is 59.4 Å². The fraction of sp³-hybridized carbons (Fsp3) is 0.188. The molecule has 0 saturated carbocycles. The summed E-state index contributed by atoms with van der Waals surface area (Å²) in [5, 5.41) is 2.45. The number of benzene rings is 2. The molecule has 134 valence electrons. The van der Waals surface area contributed by atoms with E-state index >= 15 is 0 Å².